The molecule has 6 heteroatoms. The Bertz CT molecular complexity index is 336. The molecule has 1 rings (SSSR count). The van der Waals surface area contributed by atoms with Crippen LogP contribution in [0.4, 0.5) is 14.6 Å². The molecule has 0 amide bonds. The van der Waals surface area contributed by atoms with Crippen LogP contribution >= 0.6 is 0 Å². The molecule has 0 aliphatic rings. The second-order valence-electron chi connectivity index (χ2n) is 3.58. The highest BCUT2D eigenvalue weighted by molar-refractivity contribution is 5.46. The highest BCUT2D eigenvalue weighted by Crippen LogP contribution is 2.17. The van der Waals surface area contributed by atoms with Gasteiger partial charge in [-0.2, -0.15) is 0 Å². The largest absolute Gasteiger partial charge is 0.395 e. The van der Waals surface area contributed by atoms with Gasteiger partial charge in [0.2, 0.25) is 0 Å². The van der Waals surface area contributed by atoms with E-state index in [1.807, 2.05) is 6.07 Å². The fraction of sp³-hybridized carbons (Fsp3) is 0.545. The number of anilines is 1. The first-order chi connectivity index (χ1) is 8.19. The summed E-state index contributed by atoms with van der Waals surface area (Å²) >= 11 is 0. The topological polar surface area (TPSA) is 48.4 Å². The predicted octanol–water partition coefficient (Wildman–Crippen LogP) is 0.865. The maximum atomic E-state index is 12.4. The molecule has 1 aromatic heterocycles. The van der Waals surface area contributed by atoms with Gasteiger partial charge in [-0.1, -0.05) is 6.07 Å². The predicted molar refractivity (Wildman–Crippen MR) is 62.3 cm³/mol. The van der Waals surface area contributed by atoms with Crippen LogP contribution in [0.1, 0.15) is 5.56 Å². The van der Waals surface area contributed by atoms with E-state index in [4.69, 9.17) is 5.11 Å². The van der Waals surface area contributed by atoms with Crippen molar-refractivity contribution < 1.29 is 13.9 Å². The lowest BCUT2D eigenvalue weighted by molar-refractivity contribution is 0.152. The maximum absolute atomic E-state index is 12.4. The van der Waals surface area contributed by atoms with Gasteiger partial charge in [-0.25, -0.2) is 13.8 Å². The van der Waals surface area contributed by atoms with Crippen LogP contribution < -0.4 is 10.2 Å². The van der Waals surface area contributed by atoms with Gasteiger partial charge < -0.3 is 15.3 Å². The number of hydrogen-bond acceptors (Lipinski definition) is 4. The number of hydrogen-bond donors (Lipinski definition) is 2. The maximum Gasteiger partial charge on any atom is 0.255 e. The molecule has 0 bridgehead atoms. The minimum absolute atomic E-state index is 0.151. The first-order valence-electron chi connectivity index (χ1n) is 5.41. The Morgan fingerprint density at radius 1 is 1.53 bits per heavy atom. The molecule has 0 fully saturated rings. The van der Waals surface area contributed by atoms with Crippen LogP contribution in [0.3, 0.4) is 0 Å². The van der Waals surface area contributed by atoms with Gasteiger partial charge in [-0.3, -0.25) is 0 Å². The molecule has 0 saturated heterocycles. The number of rotatable bonds is 7. The molecule has 4 nitrogen and oxygen atoms in total. The summed E-state index contributed by atoms with van der Waals surface area (Å²) in [6.45, 7) is 0.100. The Morgan fingerprint density at radius 2 is 2.29 bits per heavy atom. The second-order valence-corrected chi connectivity index (χ2v) is 3.58. The van der Waals surface area contributed by atoms with E-state index < -0.39 is 13.0 Å². The van der Waals surface area contributed by atoms with E-state index in [0.29, 0.717) is 12.4 Å². The summed E-state index contributed by atoms with van der Waals surface area (Å²) in [5.74, 6) is 0.496. The van der Waals surface area contributed by atoms with Gasteiger partial charge in [0.1, 0.15) is 5.82 Å². The summed E-state index contributed by atoms with van der Waals surface area (Å²) in [6.07, 6.45) is -0.893. The molecule has 0 aromatic carbocycles. The molecule has 1 aromatic rings. The zero-order valence-corrected chi connectivity index (χ0v) is 9.74. The molecule has 0 saturated carbocycles. The number of nitrogens with zero attached hydrogens (tertiary/aromatic N) is 2. The fourth-order valence-corrected chi connectivity index (χ4v) is 1.61. The van der Waals surface area contributed by atoms with Gasteiger partial charge in [0, 0.05) is 24.8 Å². The van der Waals surface area contributed by atoms with Crippen LogP contribution in [0.25, 0.3) is 0 Å². The van der Waals surface area contributed by atoms with Crippen LogP contribution in [-0.4, -0.2) is 43.3 Å². The molecule has 0 radical (unpaired) electrons. The average molecular weight is 245 g/mol. The molecule has 2 N–H and O–H groups in total. The standard InChI is InChI=1S/C11H17F2N3O/c1-14-7-9-3-2-4-15-11(9)16(5-6-17)8-10(12)13/h2-4,10,14,17H,5-8H2,1H3. The summed E-state index contributed by atoms with van der Waals surface area (Å²) in [4.78, 5) is 5.51. The van der Waals surface area contributed by atoms with Crippen LogP contribution in [0.15, 0.2) is 18.3 Å². The van der Waals surface area contributed by atoms with Crippen molar-refractivity contribution in [3.63, 3.8) is 0 Å². The van der Waals surface area contributed by atoms with Crippen molar-refractivity contribution in [2.75, 3.05) is 31.6 Å². The van der Waals surface area contributed by atoms with Gasteiger partial charge in [0.25, 0.3) is 6.43 Å². The molecule has 96 valence electrons. The second kappa shape index (κ2) is 7.13. The van der Waals surface area contributed by atoms with Gasteiger partial charge in [-0.15, -0.1) is 0 Å². The first-order valence-corrected chi connectivity index (χ1v) is 5.41. The third-order valence-corrected chi connectivity index (χ3v) is 2.26. The van der Waals surface area contributed by atoms with E-state index >= 15 is 0 Å². The minimum Gasteiger partial charge on any atom is -0.395 e. The molecule has 0 atom stereocenters. The SMILES string of the molecule is CNCc1cccnc1N(CCO)CC(F)F. The first kappa shape index (κ1) is 13.8. The number of pyridine rings is 1. The quantitative estimate of drug-likeness (QED) is 0.748. The van der Waals surface area contributed by atoms with Crippen molar-refractivity contribution in [1.82, 2.24) is 10.3 Å². The lowest BCUT2D eigenvalue weighted by atomic mass is 10.2. The van der Waals surface area contributed by atoms with E-state index in [9.17, 15) is 8.78 Å². The number of halogens is 2. The molecule has 17 heavy (non-hydrogen) atoms. The van der Waals surface area contributed by atoms with Crippen LogP contribution in [0.5, 0.6) is 0 Å². The normalized spacial score (nSPS) is 10.9. The summed E-state index contributed by atoms with van der Waals surface area (Å²) in [6, 6.07) is 3.59. The van der Waals surface area contributed by atoms with E-state index in [1.54, 1.807) is 19.3 Å². The summed E-state index contributed by atoms with van der Waals surface area (Å²) in [7, 11) is 1.78. The van der Waals surface area contributed by atoms with Crippen molar-refractivity contribution in [3.05, 3.63) is 23.9 Å². The number of aliphatic hydroxyl groups is 1. The van der Waals surface area contributed by atoms with Gasteiger partial charge in [-0.05, 0) is 13.1 Å². The fourth-order valence-electron chi connectivity index (χ4n) is 1.61. The monoisotopic (exact) mass is 245 g/mol. The molecule has 0 unspecified atom stereocenters. The molecule has 0 aliphatic heterocycles. The van der Waals surface area contributed by atoms with Gasteiger partial charge in [0.15, 0.2) is 0 Å². The number of alkyl halides is 2. The van der Waals surface area contributed by atoms with Crippen molar-refractivity contribution in [3.8, 4) is 0 Å². The summed E-state index contributed by atoms with van der Waals surface area (Å²) in [5.41, 5.74) is 0.837. The molecular formula is C11H17F2N3O. The zero-order valence-electron chi connectivity index (χ0n) is 9.74. The Hall–Kier alpha value is -1.27. The van der Waals surface area contributed by atoms with Gasteiger partial charge >= 0.3 is 0 Å². The van der Waals surface area contributed by atoms with Gasteiger partial charge in [0.05, 0.1) is 13.2 Å². The smallest absolute Gasteiger partial charge is 0.255 e. The Kier molecular flexibility index (Phi) is 5.79. The third-order valence-electron chi connectivity index (χ3n) is 2.26. The van der Waals surface area contributed by atoms with Crippen LogP contribution in [-0.2, 0) is 6.54 Å². The zero-order chi connectivity index (χ0) is 12.7. The molecule has 1 heterocycles. The molecule has 0 spiro atoms. The Morgan fingerprint density at radius 3 is 2.88 bits per heavy atom. The summed E-state index contributed by atoms with van der Waals surface area (Å²) in [5, 5.41) is 11.9. The minimum atomic E-state index is -2.45. The van der Waals surface area contributed by atoms with Crippen LogP contribution in [0.2, 0.25) is 0 Å². The molecular weight excluding hydrogens is 228 g/mol. The van der Waals surface area contributed by atoms with Crippen molar-refractivity contribution in [2.45, 2.75) is 13.0 Å². The number of aliphatic hydroxyl groups excluding tert-OH is 1. The highest BCUT2D eigenvalue weighted by atomic mass is 19.3. The van der Waals surface area contributed by atoms with E-state index in [2.05, 4.69) is 10.3 Å². The lowest BCUT2D eigenvalue weighted by Gasteiger charge is -2.24. The van der Waals surface area contributed by atoms with Crippen molar-refractivity contribution in [2.24, 2.45) is 0 Å². The Balaban J connectivity index is 2.91. The lowest BCUT2D eigenvalue weighted by Crippen LogP contribution is -2.33. The van der Waals surface area contributed by atoms with E-state index in [1.165, 1.54) is 4.90 Å². The number of nitrogens with one attached hydrogen (secondary N) is 1. The summed E-state index contributed by atoms with van der Waals surface area (Å²) < 4.78 is 24.9. The van der Waals surface area contributed by atoms with Crippen LogP contribution in [0, 0.1) is 0 Å². The van der Waals surface area contributed by atoms with E-state index in [-0.39, 0.29) is 13.2 Å². The highest BCUT2D eigenvalue weighted by Gasteiger charge is 2.16. The Labute approximate surface area is 99.3 Å². The average Bonchev–Trinajstić information content (AvgIpc) is 2.29. The number of aromatic nitrogens is 1. The van der Waals surface area contributed by atoms with E-state index in [0.717, 1.165) is 5.56 Å². The van der Waals surface area contributed by atoms with Crippen molar-refractivity contribution in [1.29, 1.82) is 0 Å². The molecule has 0 aliphatic carbocycles. The van der Waals surface area contributed by atoms with Crippen molar-refractivity contribution >= 4 is 5.82 Å². The third kappa shape index (κ3) is 4.24.